The first-order valence-electron chi connectivity index (χ1n) is 7.39. The lowest BCUT2D eigenvalue weighted by atomic mass is 10.2. The molecular weight excluding hydrogens is 284 g/mol. The minimum Gasteiger partial charge on any atom is -0.444 e. The third kappa shape index (κ3) is 10.5. The molecular formula is C15H26N4O3. The quantitative estimate of drug-likeness (QED) is 0.357. The van der Waals surface area contributed by atoms with Crippen molar-refractivity contribution in [3.63, 3.8) is 0 Å². The Bertz CT molecular complexity index is 433. The van der Waals surface area contributed by atoms with Crippen molar-refractivity contribution >= 4 is 12.0 Å². The van der Waals surface area contributed by atoms with E-state index in [-0.39, 0.29) is 5.57 Å². The summed E-state index contributed by atoms with van der Waals surface area (Å²) in [6.07, 6.45) is 2.69. The summed E-state index contributed by atoms with van der Waals surface area (Å²) in [5.41, 5.74) is -0.532. The molecule has 0 aromatic rings. The monoisotopic (exact) mass is 310 g/mol. The van der Waals surface area contributed by atoms with Gasteiger partial charge >= 0.3 is 6.09 Å². The predicted octanol–water partition coefficient (Wildman–Crippen LogP) is 1.42. The smallest absolute Gasteiger partial charge is 0.407 e. The first-order valence-corrected chi connectivity index (χ1v) is 7.39. The van der Waals surface area contributed by atoms with E-state index in [2.05, 4.69) is 16.0 Å². The topological polar surface area (TPSA) is 103 Å². The molecule has 0 aliphatic heterocycles. The fourth-order valence-electron chi connectivity index (χ4n) is 1.35. The van der Waals surface area contributed by atoms with E-state index in [9.17, 15) is 9.59 Å². The molecule has 0 unspecified atom stereocenters. The Balaban J connectivity index is 4.01. The second-order valence-corrected chi connectivity index (χ2v) is 5.66. The number of amides is 2. The van der Waals surface area contributed by atoms with Gasteiger partial charge in [-0.05, 0) is 27.2 Å². The highest BCUT2D eigenvalue weighted by molar-refractivity contribution is 5.97. The van der Waals surface area contributed by atoms with Gasteiger partial charge in [0.1, 0.15) is 17.2 Å². The van der Waals surface area contributed by atoms with Crippen molar-refractivity contribution in [3.05, 3.63) is 11.8 Å². The van der Waals surface area contributed by atoms with Crippen molar-refractivity contribution in [3.8, 4) is 6.07 Å². The summed E-state index contributed by atoms with van der Waals surface area (Å²) in [5, 5.41) is 17.0. The predicted molar refractivity (Wildman–Crippen MR) is 83.9 cm³/mol. The van der Waals surface area contributed by atoms with Crippen molar-refractivity contribution in [2.45, 2.75) is 46.1 Å². The van der Waals surface area contributed by atoms with Crippen LogP contribution in [0.25, 0.3) is 0 Å². The first-order chi connectivity index (χ1) is 10.3. The number of ether oxygens (including phenoxy) is 1. The average molecular weight is 310 g/mol. The van der Waals surface area contributed by atoms with E-state index in [0.29, 0.717) is 19.6 Å². The van der Waals surface area contributed by atoms with Crippen LogP contribution in [0.15, 0.2) is 11.8 Å². The molecule has 3 N–H and O–H groups in total. The highest BCUT2D eigenvalue weighted by atomic mass is 16.6. The zero-order chi connectivity index (χ0) is 17.0. The van der Waals surface area contributed by atoms with E-state index >= 15 is 0 Å². The Morgan fingerprint density at radius 2 is 1.86 bits per heavy atom. The zero-order valence-corrected chi connectivity index (χ0v) is 13.8. The molecule has 7 nitrogen and oxygen atoms in total. The van der Waals surface area contributed by atoms with Crippen LogP contribution in [0.4, 0.5) is 4.79 Å². The van der Waals surface area contributed by atoms with Gasteiger partial charge in [0.25, 0.3) is 5.91 Å². The van der Waals surface area contributed by atoms with Gasteiger partial charge in [0.15, 0.2) is 0 Å². The molecule has 0 heterocycles. The third-order valence-electron chi connectivity index (χ3n) is 2.36. The molecule has 0 radical (unpaired) electrons. The molecule has 2 amide bonds. The summed E-state index contributed by atoms with van der Waals surface area (Å²) >= 11 is 0. The van der Waals surface area contributed by atoms with Gasteiger partial charge in [-0.1, -0.05) is 13.3 Å². The molecule has 124 valence electrons. The molecule has 0 rings (SSSR count). The van der Waals surface area contributed by atoms with Crippen LogP contribution in [0.2, 0.25) is 0 Å². The van der Waals surface area contributed by atoms with Crippen molar-refractivity contribution in [2.24, 2.45) is 0 Å². The van der Waals surface area contributed by atoms with Gasteiger partial charge in [0.05, 0.1) is 0 Å². The van der Waals surface area contributed by atoms with Crippen LogP contribution in [0, 0.1) is 11.3 Å². The van der Waals surface area contributed by atoms with Gasteiger partial charge in [-0.15, -0.1) is 0 Å². The van der Waals surface area contributed by atoms with Crippen LogP contribution in [0.3, 0.4) is 0 Å². The number of nitrogens with zero attached hydrogens (tertiary/aromatic N) is 1. The van der Waals surface area contributed by atoms with E-state index in [0.717, 1.165) is 12.8 Å². The summed E-state index contributed by atoms with van der Waals surface area (Å²) in [7, 11) is 0. The highest BCUT2D eigenvalue weighted by Gasteiger charge is 2.15. The van der Waals surface area contributed by atoms with Gasteiger partial charge < -0.3 is 20.7 Å². The molecule has 22 heavy (non-hydrogen) atoms. The number of hydrogen-bond donors (Lipinski definition) is 3. The van der Waals surface area contributed by atoms with E-state index in [1.54, 1.807) is 20.8 Å². The van der Waals surface area contributed by atoms with Crippen molar-refractivity contribution in [1.29, 1.82) is 5.26 Å². The van der Waals surface area contributed by atoms with Gasteiger partial charge in [0.2, 0.25) is 0 Å². The number of nitriles is 1. The molecule has 0 atom stereocenters. The lowest BCUT2D eigenvalue weighted by Gasteiger charge is -2.19. The van der Waals surface area contributed by atoms with Gasteiger partial charge in [-0.2, -0.15) is 5.26 Å². The van der Waals surface area contributed by atoms with E-state index in [1.165, 1.54) is 6.20 Å². The summed E-state index contributed by atoms with van der Waals surface area (Å²) in [4.78, 5) is 23.0. The molecule has 0 aliphatic carbocycles. The van der Waals surface area contributed by atoms with Crippen LogP contribution < -0.4 is 16.0 Å². The summed E-state index contributed by atoms with van der Waals surface area (Å²) < 4.78 is 5.07. The van der Waals surface area contributed by atoms with Crippen LogP contribution in [-0.2, 0) is 9.53 Å². The van der Waals surface area contributed by atoms with E-state index in [4.69, 9.17) is 10.00 Å². The Morgan fingerprint density at radius 3 is 2.41 bits per heavy atom. The number of hydrogen-bond acceptors (Lipinski definition) is 5. The lowest BCUT2D eigenvalue weighted by Crippen LogP contribution is -2.35. The summed E-state index contributed by atoms with van der Waals surface area (Å²) in [5.74, 6) is -0.399. The fourth-order valence-corrected chi connectivity index (χ4v) is 1.35. The number of carbonyl (C=O) groups is 2. The molecule has 0 fully saturated rings. The first kappa shape index (κ1) is 19.8. The molecule has 0 aliphatic rings. The maximum Gasteiger partial charge on any atom is 0.407 e. The van der Waals surface area contributed by atoms with Crippen molar-refractivity contribution in [2.75, 3.05) is 19.6 Å². The second kappa shape index (κ2) is 10.5. The number of nitrogens with one attached hydrogen (secondary N) is 3. The third-order valence-corrected chi connectivity index (χ3v) is 2.36. The second-order valence-electron chi connectivity index (χ2n) is 5.66. The summed E-state index contributed by atoms with van der Waals surface area (Å²) in [6.45, 7) is 8.62. The minimum atomic E-state index is -0.540. The van der Waals surface area contributed by atoms with Crippen LogP contribution in [-0.4, -0.2) is 37.2 Å². The highest BCUT2D eigenvalue weighted by Crippen LogP contribution is 2.05. The average Bonchev–Trinajstić information content (AvgIpc) is 2.41. The Kier molecular flexibility index (Phi) is 9.43. The van der Waals surface area contributed by atoms with Crippen molar-refractivity contribution < 1.29 is 14.3 Å². The minimum absolute atomic E-state index is 0.00775. The Hall–Kier alpha value is -2.23. The molecule has 0 saturated heterocycles. The molecule has 7 heteroatoms. The Labute approximate surface area is 132 Å². The lowest BCUT2D eigenvalue weighted by molar-refractivity contribution is -0.117. The van der Waals surface area contributed by atoms with Crippen LogP contribution >= 0.6 is 0 Å². The molecule has 0 bridgehead atoms. The molecule has 0 aromatic heterocycles. The largest absolute Gasteiger partial charge is 0.444 e. The van der Waals surface area contributed by atoms with Gasteiger partial charge in [-0.25, -0.2) is 4.79 Å². The maximum absolute atomic E-state index is 11.6. The number of rotatable bonds is 8. The molecule has 0 saturated carbocycles. The number of alkyl carbamates (subject to hydrolysis) is 1. The van der Waals surface area contributed by atoms with Gasteiger partial charge in [0, 0.05) is 25.8 Å². The number of carbonyl (C=O) groups excluding carboxylic acids is 2. The normalized spacial score (nSPS) is 11.3. The van der Waals surface area contributed by atoms with Crippen molar-refractivity contribution in [1.82, 2.24) is 16.0 Å². The van der Waals surface area contributed by atoms with Crippen LogP contribution in [0.1, 0.15) is 40.5 Å². The SMILES string of the molecule is CCCCNC(=O)/C(C#N)=C\NCCNC(=O)OC(C)(C)C. The summed E-state index contributed by atoms with van der Waals surface area (Å²) in [6, 6.07) is 1.83. The molecule has 0 aromatic carbocycles. The van der Waals surface area contributed by atoms with Gasteiger partial charge in [-0.3, -0.25) is 4.79 Å². The Morgan fingerprint density at radius 1 is 1.18 bits per heavy atom. The number of unbranched alkanes of at least 4 members (excludes halogenated alkanes) is 1. The van der Waals surface area contributed by atoms with E-state index < -0.39 is 17.6 Å². The standard InChI is InChI=1S/C15H26N4O3/c1-5-6-7-18-13(20)12(10-16)11-17-8-9-19-14(21)22-15(2,3)4/h11,17H,5-9H2,1-4H3,(H,18,20)(H,19,21)/b12-11-. The van der Waals surface area contributed by atoms with Crippen LogP contribution in [0.5, 0.6) is 0 Å². The van der Waals surface area contributed by atoms with E-state index in [1.807, 2.05) is 13.0 Å². The zero-order valence-electron chi connectivity index (χ0n) is 13.8. The maximum atomic E-state index is 11.6. The molecule has 0 spiro atoms. The fraction of sp³-hybridized carbons (Fsp3) is 0.667.